The molecule has 0 heterocycles. The molecule has 0 unspecified atom stereocenters. The summed E-state index contributed by atoms with van der Waals surface area (Å²) < 4.78 is 0. The molecule has 56 valence electrons. The number of halogens is 1. The molecule has 0 amide bonds. The zero-order valence-electron chi connectivity index (χ0n) is 6.61. The first-order chi connectivity index (χ1) is 4.18. The van der Waals surface area contributed by atoms with E-state index in [0.717, 1.165) is 0 Å². The number of aryl methyl sites for hydroxylation is 3. The zero-order valence-corrected chi connectivity index (χ0v) is 7.37. The lowest BCUT2D eigenvalue weighted by Crippen LogP contribution is -3.00. The maximum Gasteiger partial charge on any atom is -0.0398 e. The summed E-state index contributed by atoms with van der Waals surface area (Å²) in [6.45, 7) is 6.38. The Balaban J connectivity index is 0.000000810. The molecule has 1 aromatic rings. The van der Waals surface area contributed by atoms with Gasteiger partial charge in [-0.15, -0.1) is 0 Å². The van der Waals surface area contributed by atoms with Crippen LogP contribution in [-0.2, 0) is 0 Å². The Morgan fingerprint density at radius 1 is 0.700 bits per heavy atom. The molecule has 10 heavy (non-hydrogen) atoms. The van der Waals surface area contributed by atoms with E-state index in [2.05, 4.69) is 39.0 Å². The average molecular weight is 156 g/mol. The van der Waals surface area contributed by atoms with E-state index in [1.807, 2.05) is 0 Å². The molecular weight excluding hydrogens is 144 g/mol. The van der Waals surface area contributed by atoms with E-state index < -0.39 is 0 Å². The maximum absolute atomic E-state index is 2.19. The van der Waals surface area contributed by atoms with Gasteiger partial charge in [0, 0.05) is 0 Å². The van der Waals surface area contributed by atoms with E-state index in [1.54, 1.807) is 0 Å². The number of hydrogen-bond acceptors (Lipinski definition) is 0. The van der Waals surface area contributed by atoms with E-state index >= 15 is 0 Å². The number of hydrogen-bond donors (Lipinski definition) is 0. The van der Waals surface area contributed by atoms with Gasteiger partial charge in [-0.3, -0.25) is 0 Å². The van der Waals surface area contributed by atoms with Crippen molar-refractivity contribution in [1.29, 1.82) is 0 Å². The van der Waals surface area contributed by atoms with Crippen molar-refractivity contribution in [3.05, 3.63) is 34.9 Å². The molecule has 0 aliphatic carbocycles. The normalized spacial score (nSPS) is 8.70. The average Bonchev–Trinajstić information content (AvgIpc) is 1.59. The molecule has 0 atom stereocenters. The zero-order chi connectivity index (χ0) is 6.85. The van der Waals surface area contributed by atoms with Gasteiger partial charge >= 0.3 is 0 Å². The van der Waals surface area contributed by atoms with Crippen molar-refractivity contribution >= 4 is 0 Å². The molecule has 0 nitrogen and oxygen atoms in total. The standard InChI is InChI=1S/C9H12.ClH/c1-7-4-8(2)6-9(3)5-7;/h4-6H,1-3H3;1H/p-1. The van der Waals surface area contributed by atoms with Crippen LogP contribution in [0.25, 0.3) is 0 Å². The summed E-state index contributed by atoms with van der Waals surface area (Å²) >= 11 is 0. The highest BCUT2D eigenvalue weighted by Gasteiger charge is 1.87. The Morgan fingerprint density at radius 2 is 0.900 bits per heavy atom. The highest BCUT2D eigenvalue weighted by Crippen LogP contribution is 2.06. The van der Waals surface area contributed by atoms with Crippen LogP contribution < -0.4 is 12.4 Å². The molecule has 1 rings (SSSR count). The minimum Gasteiger partial charge on any atom is -1.00 e. The molecule has 1 aromatic carbocycles. The lowest BCUT2D eigenvalue weighted by molar-refractivity contribution is -0.00000212. The highest BCUT2D eigenvalue weighted by atomic mass is 35.5. The van der Waals surface area contributed by atoms with E-state index in [4.69, 9.17) is 0 Å². The van der Waals surface area contributed by atoms with Gasteiger partial charge in [-0.1, -0.05) is 34.9 Å². The summed E-state index contributed by atoms with van der Waals surface area (Å²) in [6, 6.07) is 6.56. The van der Waals surface area contributed by atoms with Crippen molar-refractivity contribution in [2.45, 2.75) is 20.8 Å². The van der Waals surface area contributed by atoms with Crippen molar-refractivity contribution in [3.8, 4) is 0 Å². The van der Waals surface area contributed by atoms with Crippen LogP contribution in [0.15, 0.2) is 18.2 Å². The van der Waals surface area contributed by atoms with Crippen LogP contribution in [0.1, 0.15) is 16.7 Å². The van der Waals surface area contributed by atoms with Gasteiger partial charge in [-0.2, -0.15) is 0 Å². The van der Waals surface area contributed by atoms with Crippen LogP contribution in [0.2, 0.25) is 0 Å². The highest BCUT2D eigenvalue weighted by molar-refractivity contribution is 5.27. The van der Waals surface area contributed by atoms with E-state index in [9.17, 15) is 0 Å². The number of rotatable bonds is 0. The van der Waals surface area contributed by atoms with Crippen LogP contribution in [0.3, 0.4) is 0 Å². The minimum absolute atomic E-state index is 0. The molecule has 0 saturated heterocycles. The molecule has 0 saturated carbocycles. The smallest absolute Gasteiger partial charge is 0.0398 e. The first kappa shape index (κ1) is 9.51. The van der Waals surface area contributed by atoms with Crippen LogP contribution in [0.4, 0.5) is 0 Å². The second-order valence-corrected chi connectivity index (χ2v) is 2.67. The molecule has 0 bridgehead atoms. The second-order valence-electron chi connectivity index (χ2n) is 2.67. The van der Waals surface area contributed by atoms with Gasteiger partial charge in [0.05, 0.1) is 0 Å². The molecule has 0 radical (unpaired) electrons. The maximum atomic E-state index is 2.19. The van der Waals surface area contributed by atoms with Gasteiger partial charge in [0.2, 0.25) is 0 Å². The Kier molecular flexibility index (Phi) is 3.45. The molecule has 0 aliphatic heterocycles. The summed E-state index contributed by atoms with van der Waals surface area (Å²) in [6.07, 6.45) is 0. The SMILES string of the molecule is Cc1cc(C)cc(C)c1.[Cl-]. The Morgan fingerprint density at radius 3 is 1.10 bits per heavy atom. The van der Waals surface area contributed by atoms with Crippen molar-refractivity contribution in [2.75, 3.05) is 0 Å². The van der Waals surface area contributed by atoms with Crippen molar-refractivity contribution in [1.82, 2.24) is 0 Å². The van der Waals surface area contributed by atoms with Crippen molar-refractivity contribution < 1.29 is 12.4 Å². The van der Waals surface area contributed by atoms with Gasteiger partial charge in [-0.25, -0.2) is 0 Å². The van der Waals surface area contributed by atoms with E-state index in [0.29, 0.717) is 0 Å². The molecule has 0 N–H and O–H groups in total. The van der Waals surface area contributed by atoms with Crippen LogP contribution in [0, 0.1) is 20.8 Å². The molecule has 1 heteroatoms. The molecule has 0 fully saturated rings. The van der Waals surface area contributed by atoms with Gasteiger partial charge < -0.3 is 12.4 Å². The van der Waals surface area contributed by atoms with Crippen molar-refractivity contribution in [3.63, 3.8) is 0 Å². The summed E-state index contributed by atoms with van der Waals surface area (Å²) in [5.74, 6) is 0. The predicted octanol–water partition coefficient (Wildman–Crippen LogP) is -0.384. The van der Waals surface area contributed by atoms with Gasteiger partial charge in [0.25, 0.3) is 0 Å². The van der Waals surface area contributed by atoms with E-state index in [-0.39, 0.29) is 12.4 Å². The monoisotopic (exact) mass is 155 g/mol. The topological polar surface area (TPSA) is 0 Å². The fourth-order valence-corrected chi connectivity index (χ4v) is 1.20. The molecule has 0 spiro atoms. The van der Waals surface area contributed by atoms with Crippen molar-refractivity contribution in [2.24, 2.45) is 0 Å². The van der Waals surface area contributed by atoms with Gasteiger partial charge in [-0.05, 0) is 20.8 Å². The third-order valence-corrected chi connectivity index (χ3v) is 1.37. The van der Waals surface area contributed by atoms with Gasteiger partial charge in [0.15, 0.2) is 0 Å². The van der Waals surface area contributed by atoms with Crippen LogP contribution in [0.5, 0.6) is 0 Å². The fraction of sp³-hybridized carbons (Fsp3) is 0.333. The quantitative estimate of drug-likeness (QED) is 0.479. The second kappa shape index (κ2) is 3.62. The Hall–Kier alpha value is -0.490. The van der Waals surface area contributed by atoms with Gasteiger partial charge in [0.1, 0.15) is 0 Å². The first-order valence-corrected chi connectivity index (χ1v) is 3.23. The Labute approximate surface area is 68.7 Å². The van der Waals surface area contributed by atoms with E-state index in [1.165, 1.54) is 16.7 Å². The lowest BCUT2D eigenvalue weighted by atomic mass is 10.1. The molecule has 0 aliphatic rings. The summed E-state index contributed by atoms with van der Waals surface area (Å²) in [4.78, 5) is 0. The lowest BCUT2D eigenvalue weighted by Gasteiger charge is -1.96. The largest absolute Gasteiger partial charge is 1.00 e. The van der Waals surface area contributed by atoms with Crippen LogP contribution >= 0.6 is 0 Å². The first-order valence-electron chi connectivity index (χ1n) is 3.23. The summed E-state index contributed by atoms with van der Waals surface area (Å²) in [5.41, 5.74) is 4.06. The third-order valence-electron chi connectivity index (χ3n) is 1.37. The summed E-state index contributed by atoms with van der Waals surface area (Å²) in [7, 11) is 0. The molecule has 0 aromatic heterocycles. The summed E-state index contributed by atoms with van der Waals surface area (Å²) in [5, 5.41) is 0. The fourth-order valence-electron chi connectivity index (χ4n) is 1.20. The predicted molar refractivity (Wildman–Crippen MR) is 40.7 cm³/mol. The number of benzene rings is 1. The molecular formula is C9H12Cl-. The van der Waals surface area contributed by atoms with Crippen LogP contribution in [-0.4, -0.2) is 0 Å². The third kappa shape index (κ3) is 2.40. The minimum atomic E-state index is 0. The Bertz CT molecular complexity index is 165.